The van der Waals surface area contributed by atoms with Crippen molar-refractivity contribution in [2.45, 2.75) is 33.0 Å². The Morgan fingerprint density at radius 3 is 2.48 bits per heavy atom. The Bertz CT molecular complexity index is 1020. The lowest BCUT2D eigenvalue weighted by molar-refractivity contribution is -0.137. The summed E-state index contributed by atoms with van der Waals surface area (Å²) in [7, 11) is 0. The van der Waals surface area contributed by atoms with Gasteiger partial charge in [0.2, 0.25) is 5.88 Å². The summed E-state index contributed by atoms with van der Waals surface area (Å²) >= 11 is 0. The zero-order chi connectivity index (χ0) is 22.6. The van der Waals surface area contributed by atoms with Crippen molar-refractivity contribution in [2.75, 3.05) is 13.2 Å². The molecule has 1 amide bonds. The molecule has 164 valence electrons. The molecule has 8 nitrogen and oxygen atoms in total. The SMILES string of the molecule is CCN(C(=O)c1nc(C)ccc1-n1nccn1)[C@@H](C)COc1ccc(C(F)(F)F)cn1. The number of carbonyl (C=O) groups excluding carboxylic acids is 1. The van der Waals surface area contributed by atoms with Gasteiger partial charge in [-0.3, -0.25) is 4.79 Å². The van der Waals surface area contributed by atoms with E-state index in [0.29, 0.717) is 24.1 Å². The lowest BCUT2D eigenvalue weighted by Gasteiger charge is -2.28. The fourth-order valence-electron chi connectivity index (χ4n) is 2.93. The molecule has 3 rings (SSSR count). The first kappa shape index (κ1) is 22.2. The summed E-state index contributed by atoms with van der Waals surface area (Å²) in [4.78, 5) is 24.2. The van der Waals surface area contributed by atoms with Gasteiger partial charge in [-0.1, -0.05) is 0 Å². The Kier molecular flexibility index (Phi) is 6.52. The number of halogens is 3. The summed E-state index contributed by atoms with van der Waals surface area (Å²) in [5, 5.41) is 8.14. The number of hydrogen-bond donors (Lipinski definition) is 0. The number of rotatable bonds is 7. The molecule has 0 fully saturated rings. The molecular weight excluding hydrogens is 413 g/mol. The van der Waals surface area contributed by atoms with Crippen molar-refractivity contribution in [1.82, 2.24) is 29.9 Å². The molecule has 3 heterocycles. The van der Waals surface area contributed by atoms with Crippen LogP contribution >= 0.6 is 0 Å². The fraction of sp³-hybridized carbons (Fsp3) is 0.350. The first-order chi connectivity index (χ1) is 14.7. The van der Waals surface area contributed by atoms with Gasteiger partial charge in [-0.2, -0.15) is 23.4 Å². The summed E-state index contributed by atoms with van der Waals surface area (Å²) in [5.74, 6) is -0.298. The zero-order valence-electron chi connectivity index (χ0n) is 17.2. The molecule has 3 aromatic rings. The molecule has 0 unspecified atom stereocenters. The van der Waals surface area contributed by atoms with Gasteiger partial charge in [0, 0.05) is 24.5 Å². The number of pyridine rings is 2. The van der Waals surface area contributed by atoms with Crippen LogP contribution in [-0.4, -0.2) is 55.0 Å². The predicted molar refractivity (Wildman–Crippen MR) is 105 cm³/mol. The summed E-state index contributed by atoms with van der Waals surface area (Å²) in [6, 6.07) is 5.13. The molecule has 0 radical (unpaired) electrons. The van der Waals surface area contributed by atoms with E-state index in [1.807, 2.05) is 6.92 Å². The number of amides is 1. The highest BCUT2D eigenvalue weighted by Crippen LogP contribution is 2.29. The summed E-state index contributed by atoms with van der Waals surface area (Å²) in [6.45, 7) is 5.76. The van der Waals surface area contributed by atoms with Crippen LogP contribution in [0.3, 0.4) is 0 Å². The molecule has 3 aromatic heterocycles. The minimum Gasteiger partial charge on any atom is -0.475 e. The standard InChI is InChI=1S/C20H21F3N6O2/c1-4-28(14(3)12-31-17-8-6-15(11-24-17)20(21,22)23)19(30)18-16(7-5-13(2)27-18)29-25-9-10-26-29/h5-11,14H,4,12H2,1-3H3/t14-/m0/s1. The second-order valence-electron chi connectivity index (χ2n) is 6.77. The zero-order valence-corrected chi connectivity index (χ0v) is 17.2. The molecule has 0 aliphatic carbocycles. The molecule has 1 atom stereocenters. The number of nitrogens with zero attached hydrogens (tertiary/aromatic N) is 6. The highest BCUT2D eigenvalue weighted by molar-refractivity contribution is 5.96. The molecule has 0 N–H and O–H groups in total. The van der Waals surface area contributed by atoms with E-state index >= 15 is 0 Å². The average Bonchev–Trinajstić information content (AvgIpc) is 3.27. The second kappa shape index (κ2) is 9.11. The third-order valence-corrected chi connectivity index (χ3v) is 4.52. The van der Waals surface area contributed by atoms with Crippen LogP contribution in [0.4, 0.5) is 13.2 Å². The Labute approximate surface area is 176 Å². The minimum atomic E-state index is -4.47. The number of hydrogen-bond acceptors (Lipinski definition) is 6. The van der Waals surface area contributed by atoms with E-state index < -0.39 is 17.8 Å². The third-order valence-electron chi connectivity index (χ3n) is 4.52. The summed E-state index contributed by atoms with van der Waals surface area (Å²) in [6.07, 6.45) is -0.757. The van der Waals surface area contributed by atoms with Crippen molar-refractivity contribution in [3.05, 3.63) is 59.8 Å². The van der Waals surface area contributed by atoms with Gasteiger partial charge in [-0.15, -0.1) is 4.80 Å². The molecule has 0 bridgehead atoms. The van der Waals surface area contributed by atoms with Gasteiger partial charge in [0.05, 0.1) is 24.0 Å². The molecule has 0 aromatic carbocycles. The number of carbonyl (C=O) groups is 1. The maximum absolute atomic E-state index is 13.3. The normalized spacial score (nSPS) is 12.5. The lowest BCUT2D eigenvalue weighted by atomic mass is 10.2. The van der Waals surface area contributed by atoms with Gasteiger partial charge >= 0.3 is 6.18 Å². The van der Waals surface area contributed by atoms with E-state index in [2.05, 4.69) is 20.2 Å². The van der Waals surface area contributed by atoms with Gasteiger partial charge < -0.3 is 9.64 Å². The van der Waals surface area contributed by atoms with Crippen LogP contribution in [0.1, 0.15) is 35.6 Å². The average molecular weight is 434 g/mol. The highest BCUT2D eigenvalue weighted by atomic mass is 19.4. The van der Waals surface area contributed by atoms with Crippen molar-refractivity contribution >= 4 is 5.91 Å². The number of aromatic nitrogens is 5. The molecule has 0 saturated heterocycles. The molecule has 0 spiro atoms. The van der Waals surface area contributed by atoms with E-state index in [9.17, 15) is 18.0 Å². The summed E-state index contributed by atoms with van der Waals surface area (Å²) < 4.78 is 43.5. The second-order valence-corrected chi connectivity index (χ2v) is 6.77. The Morgan fingerprint density at radius 2 is 1.90 bits per heavy atom. The Balaban J connectivity index is 1.74. The quantitative estimate of drug-likeness (QED) is 0.567. The smallest absolute Gasteiger partial charge is 0.417 e. The van der Waals surface area contributed by atoms with Crippen LogP contribution in [0.25, 0.3) is 5.69 Å². The van der Waals surface area contributed by atoms with Crippen LogP contribution in [-0.2, 0) is 6.18 Å². The lowest BCUT2D eigenvalue weighted by Crippen LogP contribution is -2.42. The number of aryl methyl sites for hydroxylation is 1. The molecular formula is C20H21F3N6O2. The van der Waals surface area contributed by atoms with E-state index in [1.54, 1.807) is 30.9 Å². The van der Waals surface area contributed by atoms with Gasteiger partial charge in [0.15, 0.2) is 5.69 Å². The van der Waals surface area contributed by atoms with Crippen LogP contribution < -0.4 is 4.74 Å². The molecule has 0 saturated carbocycles. The first-order valence-electron chi connectivity index (χ1n) is 9.52. The van der Waals surface area contributed by atoms with Gasteiger partial charge in [-0.25, -0.2) is 9.97 Å². The highest BCUT2D eigenvalue weighted by Gasteiger charge is 2.31. The van der Waals surface area contributed by atoms with Crippen LogP contribution in [0, 0.1) is 6.92 Å². The van der Waals surface area contributed by atoms with Gasteiger partial charge in [-0.05, 0) is 39.0 Å². The van der Waals surface area contributed by atoms with Crippen LogP contribution in [0.2, 0.25) is 0 Å². The monoisotopic (exact) mass is 434 g/mol. The van der Waals surface area contributed by atoms with Crippen molar-refractivity contribution in [3.63, 3.8) is 0 Å². The van der Waals surface area contributed by atoms with Gasteiger partial charge in [0.25, 0.3) is 5.91 Å². The Hall–Kier alpha value is -3.50. The van der Waals surface area contributed by atoms with E-state index in [1.165, 1.54) is 17.2 Å². The molecule has 11 heteroatoms. The molecule has 0 aliphatic heterocycles. The largest absolute Gasteiger partial charge is 0.475 e. The minimum absolute atomic E-state index is 0.0402. The maximum atomic E-state index is 13.3. The first-order valence-corrected chi connectivity index (χ1v) is 9.52. The third kappa shape index (κ3) is 5.16. The van der Waals surface area contributed by atoms with Crippen molar-refractivity contribution in [1.29, 1.82) is 0 Å². The van der Waals surface area contributed by atoms with Crippen LogP contribution in [0.5, 0.6) is 5.88 Å². The molecule has 0 aliphatic rings. The Morgan fingerprint density at radius 1 is 1.19 bits per heavy atom. The van der Waals surface area contributed by atoms with Crippen molar-refractivity contribution in [3.8, 4) is 11.6 Å². The topological polar surface area (TPSA) is 86.0 Å². The van der Waals surface area contributed by atoms with Crippen molar-refractivity contribution < 1.29 is 22.7 Å². The van der Waals surface area contributed by atoms with Crippen molar-refractivity contribution in [2.24, 2.45) is 0 Å². The number of likely N-dealkylation sites (N-methyl/N-ethyl adjacent to an activating group) is 1. The number of ether oxygens (including phenoxy) is 1. The van der Waals surface area contributed by atoms with Gasteiger partial charge in [0.1, 0.15) is 12.3 Å². The van der Waals surface area contributed by atoms with Crippen LogP contribution in [0.15, 0.2) is 42.9 Å². The maximum Gasteiger partial charge on any atom is 0.417 e. The number of alkyl halides is 3. The predicted octanol–water partition coefficient (Wildman–Crippen LogP) is 3.31. The van der Waals surface area contributed by atoms with E-state index in [4.69, 9.17) is 4.74 Å². The fourth-order valence-corrected chi connectivity index (χ4v) is 2.93. The molecule has 31 heavy (non-hydrogen) atoms. The summed E-state index contributed by atoms with van der Waals surface area (Å²) in [5.41, 5.74) is 0.436. The van der Waals surface area contributed by atoms with E-state index in [-0.39, 0.29) is 24.1 Å². The van der Waals surface area contributed by atoms with E-state index in [0.717, 1.165) is 12.1 Å².